The van der Waals surface area contributed by atoms with Gasteiger partial charge in [-0.3, -0.25) is 4.79 Å². The van der Waals surface area contributed by atoms with E-state index in [9.17, 15) is 13.6 Å². The zero-order valence-corrected chi connectivity index (χ0v) is 23.2. The van der Waals surface area contributed by atoms with Crippen LogP contribution in [0, 0.1) is 11.6 Å². The molecule has 1 amide bonds. The van der Waals surface area contributed by atoms with Crippen LogP contribution in [0.2, 0.25) is 5.02 Å². The molecule has 0 radical (unpaired) electrons. The Bertz CT molecular complexity index is 1500. The van der Waals surface area contributed by atoms with E-state index >= 15 is 0 Å². The first-order valence-corrected chi connectivity index (χ1v) is 13.9. The molecule has 0 atom stereocenters. The number of nitrogens with zero attached hydrogens (tertiary/aromatic N) is 2. The van der Waals surface area contributed by atoms with Crippen LogP contribution >= 0.6 is 22.9 Å². The molecule has 0 unspecified atom stereocenters. The first kappa shape index (κ1) is 27.3. The van der Waals surface area contributed by atoms with Gasteiger partial charge >= 0.3 is 0 Å². The molecule has 4 aromatic rings. The number of benzene rings is 2. The number of methoxy groups -OCH3 is 1. The van der Waals surface area contributed by atoms with E-state index in [2.05, 4.69) is 10.3 Å². The maximum atomic E-state index is 14.6. The molecule has 0 aliphatic heterocycles. The van der Waals surface area contributed by atoms with Crippen molar-refractivity contribution in [2.75, 3.05) is 19.9 Å². The van der Waals surface area contributed by atoms with Crippen molar-refractivity contribution in [3.05, 3.63) is 75.8 Å². The predicted molar refractivity (Wildman–Crippen MR) is 152 cm³/mol. The molecule has 2 heterocycles. The predicted octanol–water partition coefficient (Wildman–Crippen LogP) is 6.66. The highest BCUT2D eigenvalue weighted by atomic mass is 35.5. The van der Waals surface area contributed by atoms with Gasteiger partial charge in [0.05, 0.1) is 22.2 Å². The molecule has 1 aliphatic rings. The second kappa shape index (κ2) is 11.5. The number of thiophene rings is 1. The number of anilines is 1. The van der Waals surface area contributed by atoms with E-state index in [0.717, 1.165) is 65.8 Å². The molecule has 1 aliphatic carbocycles. The molecule has 1 fully saturated rings. The van der Waals surface area contributed by atoms with Gasteiger partial charge in [-0.05, 0) is 74.7 Å². The zero-order valence-electron chi connectivity index (χ0n) is 21.6. The van der Waals surface area contributed by atoms with Gasteiger partial charge < -0.3 is 20.7 Å². The minimum Gasteiger partial charge on any atom is -0.496 e. The molecular formula is C29H29ClF2N4O2S. The standard InChI is InChI=1S/C29H29ClF2N4O2S/c1-34-19-5-7-20(8-6-19)36(29(37)28-26(30)25-21(31)9-10-22(32)27(25)39-28)15-18-13-16(3-11-23(18)38-2)17-4-12-24(33)35-14-17/h3-4,9-14,19-20,34H,5-8,15H2,1-2H3,(H2,33,35)/t19-,20+. The number of fused-ring (bicyclic) bond motifs is 1. The van der Waals surface area contributed by atoms with Gasteiger partial charge in [0.2, 0.25) is 0 Å². The summed E-state index contributed by atoms with van der Waals surface area (Å²) in [5, 5.41) is 3.21. The number of hydrogen-bond acceptors (Lipinski definition) is 6. The number of hydrogen-bond donors (Lipinski definition) is 2. The molecule has 10 heteroatoms. The van der Waals surface area contributed by atoms with Gasteiger partial charge in [-0.1, -0.05) is 17.7 Å². The second-order valence-corrected chi connectivity index (χ2v) is 11.1. The van der Waals surface area contributed by atoms with Crippen molar-refractivity contribution in [2.24, 2.45) is 0 Å². The van der Waals surface area contributed by atoms with Crippen LogP contribution in [0.25, 0.3) is 21.2 Å². The van der Waals surface area contributed by atoms with Crippen LogP contribution < -0.4 is 15.8 Å². The van der Waals surface area contributed by atoms with Gasteiger partial charge in [0.15, 0.2) is 0 Å². The molecule has 5 rings (SSSR count). The Balaban J connectivity index is 1.55. The van der Waals surface area contributed by atoms with E-state index in [1.54, 1.807) is 24.3 Å². The van der Waals surface area contributed by atoms with Crippen LogP contribution in [0.3, 0.4) is 0 Å². The van der Waals surface area contributed by atoms with Gasteiger partial charge in [-0.15, -0.1) is 11.3 Å². The number of carbonyl (C=O) groups is 1. The summed E-state index contributed by atoms with van der Waals surface area (Å²) in [5.41, 5.74) is 8.33. The highest BCUT2D eigenvalue weighted by Gasteiger charge is 2.33. The van der Waals surface area contributed by atoms with Crippen molar-refractivity contribution >= 4 is 44.7 Å². The number of rotatable bonds is 7. The molecule has 39 heavy (non-hydrogen) atoms. The fourth-order valence-corrected chi connectivity index (χ4v) is 6.75. The largest absolute Gasteiger partial charge is 0.496 e. The number of ether oxygens (including phenoxy) is 1. The fraction of sp³-hybridized carbons (Fsp3) is 0.310. The number of nitrogens with one attached hydrogen (secondary N) is 1. The lowest BCUT2D eigenvalue weighted by Crippen LogP contribution is -2.44. The Morgan fingerprint density at radius 1 is 1.13 bits per heavy atom. The molecule has 0 spiro atoms. The number of pyridine rings is 1. The third-order valence-electron chi connectivity index (χ3n) is 7.42. The molecular weight excluding hydrogens is 542 g/mol. The van der Waals surface area contributed by atoms with Crippen LogP contribution in [0.5, 0.6) is 5.75 Å². The first-order chi connectivity index (χ1) is 18.8. The summed E-state index contributed by atoms with van der Waals surface area (Å²) >= 11 is 7.43. The Hall–Kier alpha value is -3.27. The summed E-state index contributed by atoms with van der Waals surface area (Å²) in [6.07, 6.45) is 5.08. The van der Waals surface area contributed by atoms with Crippen LogP contribution in [-0.4, -0.2) is 42.0 Å². The highest BCUT2D eigenvalue weighted by molar-refractivity contribution is 7.21. The van der Waals surface area contributed by atoms with E-state index in [-0.39, 0.29) is 38.5 Å². The normalized spacial score (nSPS) is 17.4. The van der Waals surface area contributed by atoms with Crippen molar-refractivity contribution in [3.8, 4) is 16.9 Å². The second-order valence-electron chi connectivity index (χ2n) is 9.70. The lowest BCUT2D eigenvalue weighted by atomic mass is 9.89. The third kappa shape index (κ3) is 5.44. The van der Waals surface area contributed by atoms with Crippen LogP contribution in [0.15, 0.2) is 48.7 Å². The smallest absolute Gasteiger partial charge is 0.266 e. The minimum atomic E-state index is -0.653. The third-order valence-corrected chi connectivity index (χ3v) is 9.10. The van der Waals surface area contributed by atoms with Crippen LogP contribution in [0.1, 0.15) is 40.9 Å². The molecule has 3 N–H and O–H groups in total. The van der Waals surface area contributed by atoms with Crippen LogP contribution in [-0.2, 0) is 6.54 Å². The summed E-state index contributed by atoms with van der Waals surface area (Å²) in [5.74, 6) is -0.559. The van der Waals surface area contributed by atoms with Crippen molar-refractivity contribution < 1.29 is 18.3 Å². The Labute approximate surface area is 234 Å². The Kier molecular flexibility index (Phi) is 8.02. The summed E-state index contributed by atoms with van der Waals surface area (Å²) in [7, 11) is 3.53. The fourth-order valence-electron chi connectivity index (χ4n) is 5.25. The Morgan fingerprint density at radius 2 is 1.85 bits per heavy atom. The Morgan fingerprint density at radius 3 is 2.49 bits per heavy atom. The minimum absolute atomic E-state index is 0.0395. The van der Waals surface area contributed by atoms with Gasteiger partial charge in [0, 0.05) is 36.0 Å². The molecule has 2 aromatic carbocycles. The maximum absolute atomic E-state index is 14.6. The average molecular weight is 571 g/mol. The van der Waals surface area contributed by atoms with Gasteiger partial charge in [0.25, 0.3) is 5.91 Å². The number of nitrogens with two attached hydrogens (primary N) is 1. The number of amides is 1. The number of halogens is 3. The molecule has 0 bridgehead atoms. The summed E-state index contributed by atoms with van der Waals surface area (Å²) in [6.45, 7) is 0.239. The first-order valence-electron chi connectivity index (χ1n) is 12.7. The lowest BCUT2D eigenvalue weighted by Gasteiger charge is -2.37. The molecule has 0 saturated heterocycles. The highest BCUT2D eigenvalue weighted by Crippen LogP contribution is 2.40. The van der Waals surface area contributed by atoms with E-state index in [1.807, 2.05) is 31.3 Å². The summed E-state index contributed by atoms with van der Waals surface area (Å²) in [4.78, 5) is 20.2. The number of aromatic nitrogens is 1. The maximum Gasteiger partial charge on any atom is 0.266 e. The topological polar surface area (TPSA) is 80.5 Å². The number of nitrogen functional groups attached to an aromatic ring is 1. The summed E-state index contributed by atoms with van der Waals surface area (Å²) in [6, 6.07) is 11.8. The van der Waals surface area contributed by atoms with Crippen molar-refractivity contribution in [1.29, 1.82) is 0 Å². The van der Waals surface area contributed by atoms with Crippen molar-refractivity contribution in [1.82, 2.24) is 15.2 Å². The van der Waals surface area contributed by atoms with E-state index in [0.29, 0.717) is 17.6 Å². The van der Waals surface area contributed by atoms with E-state index < -0.39 is 11.6 Å². The van der Waals surface area contributed by atoms with Gasteiger partial charge in [0.1, 0.15) is 28.1 Å². The zero-order chi connectivity index (χ0) is 27.7. The number of carbonyl (C=O) groups excluding carboxylic acids is 1. The monoisotopic (exact) mass is 570 g/mol. The van der Waals surface area contributed by atoms with Crippen LogP contribution in [0.4, 0.5) is 14.6 Å². The van der Waals surface area contributed by atoms with Gasteiger partial charge in [-0.2, -0.15) is 0 Å². The summed E-state index contributed by atoms with van der Waals surface area (Å²) < 4.78 is 34.9. The average Bonchev–Trinajstić information content (AvgIpc) is 3.32. The molecule has 1 saturated carbocycles. The molecule has 6 nitrogen and oxygen atoms in total. The molecule has 2 aromatic heterocycles. The lowest BCUT2D eigenvalue weighted by molar-refractivity contribution is 0.0604. The van der Waals surface area contributed by atoms with Gasteiger partial charge in [-0.25, -0.2) is 13.8 Å². The van der Waals surface area contributed by atoms with E-state index in [1.165, 1.54) is 0 Å². The SMILES string of the molecule is CN[C@H]1CC[C@@H](N(Cc2cc(-c3ccc(N)nc3)ccc2OC)C(=O)c2sc3c(F)ccc(F)c3c2Cl)CC1. The van der Waals surface area contributed by atoms with E-state index in [4.69, 9.17) is 22.1 Å². The molecule has 204 valence electrons. The van der Waals surface area contributed by atoms with Crippen molar-refractivity contribution in [2.45, 2.75) is 44.3 Å². The van der Waals surface area contributed by atoms with Crippen molar-refractivity contribution in [3.63, 3.8) is 0 Å². The quantitative estimate of drug-likeness (QED) is 0.260.